The summed E-state index contributed by atoms with van der Waals surface area (Å²) in [5, 5.41) is 3.25. The first-order valence-electron chi connectivity index (χ1n) is 6.77. The number of rotatable bonds is 7. The third-order valence-electron chi connectivity index (χ3n) is 3.29. The number of nitrogens with zero attached hydrogens (tertiary/aromatic N) is 1. The first-order valence-corrected chi connectivity index (χ1v) is 6.77. The van der Waals surface area contributed by atoms with Crippen molar-refractivity contribution in [2.45, 2.75) is 26.8 Å². The standard InChI is InChI=1S/C15H24N2O2/c1-5-17(6-2)15(18)11-16-12(3)13-7-9-14(19-4)10-8-13/h7-10,12,16H,5-6,11H2,1-4H3. The molecule has 1 unspecified atom stereocenters. The van der Waals surface area contributed by atoms with Crippen LogP contribution in [0, 0.1) is 0 Å². The van der Waals surface area contributed by atoms with Gasteiger partial charge in [-0.1, -0.05) is 12.1 Å². The van der Waals surface area contributed by atoms with Crippen molar-refractivity contribution in [2.75, 3.05) is 26.7 Å². The molecule has 0 spiro atoms. The Bertz CT molecular complexity index is 386. The van der Waals surface area contributed by atoms with Crippen LogP contribution >= 0.6 is 0 Å². The number of ether oxygens (including phenoxy) is 1. The van der Waals surface area contributed by atoms with Gasteiger partial charge in [-0.15, -0.1) is 0 Å². The third kappa shape index (κ3) is 4.56. The highest BCUT2D eigenvalue weighted by Gasteiger charge is 2.11. The Hall–Kier alpha value is -1.55. The van der Waals surface area contributed by atoms with E-state index < -0.39 is 0 Å². The maximum atomic E-state index is 11.9. The first-order chi connectivity index (χ1) is 9.12. The zero-order chi connectivity index (χ0) is 14.3. The van der Waals surface area contributed by atoms with Gasteiger partial charge in [-0.2, -0.15) is 0 Å². The summed E-state index contributed by atoms with van der Waals surface area (Å²) in [6.07, 6.45) is 0. The van der Waals surface area contributed by atoms with Crippen molar-refractivity contribution < 1.29 is 9.53 Å². The Labute approximate surface area is 115 Å². The number of amides is 1. The highest BCUT2D eigenvalue weighted by molar-refractivity contribution is 5.78. The normalized spacial score (nSPS) is 12.0. The van der Waals surface area contributed by atoms with Gasteiger partial charge < -0.3 is 15.0 Å². The van der Waals surface area contributed by atoms with E-state index in [2.05, 4.69) is 12.2 Å². The van der Waals surface area contributed by atoms with Crippen molar-refractivity contribution >= 4 is 5.91 Å². The van der Waals surface area contributed by atoms with E-state index in [1.165, 1.54) is 0 Å². The van der Waals surface area contributed by atoms with E-state index in [4.69, 9.17) is 4.74 Å². The molecule has 1 N–H and O–H groups in total. The molecule has 1 atom stereocenters. The zero-order valence-electron chi connectivity index (χ0n) is 12.3. The summed E-state index contributed by atoms with van der Waals surface area (Å²) in [6.45, 7) is 7.93. The minimum atomic E-state index is 0.144. The van der Waals surface area contributed by atoms with Crippen LogP contribution in [0.1, 0.15) is 32.4 Å². The first kappa shape index (κ1) is 15.5. The number of benzene rings is 1. The van der Waals surface area contributed by atoms with Gasteiger partial charge in [0.1, 0.15) is 5.75 Å². The second-order valence-electron chi connectivity index (χ2n) is 4.44. The Balaban J connectivity index is 2.50. The van der Waals surface area contributed by atoms with Crippen LogP contribution in [-0.4, -0.2) is 37.6 Å². The molecule has 1 amide bonds. The Morgan fingerprint density at radius 1 is 1.26 bits per heavy atom. The summed E-state index contributed by atoms with van der Waals surface area (Å²) in [7, 11) is 1.65. The summed E-state index contributed by atoms with van der Waals surface area (Å²) in [5.74, 6) is 0.987. The SMILES string of the molecule is CCN(CC)C(=O)CNC(C)c1ccc(OC)cc1. The van der Waals surface area contributed by atoms with E-state index >= 15 is 0 Å². The fourth-order valence-electron chi connectivity index (χ4n) is 1.94. The van der Waals surface area contributed by atoms with Crippen molar-refractivity contribution in [3.63, 3.8) is 0 Å². The van der Waals surface area contributed by atoms with Crippen molar-refractivity contribution in [1.82, 2.24) is 10.2 Å². The summed E-state index contributed by atoms with van der Waals surface area (Å²) >= 11 is 0. The predicted octanol–water partition coefficient (Wildman–Crippen LogP) is 2.21. The number of nitrogens with one attached hydrogen (secondary N) is 1. The molecule has 0 aliphatic heterocycles. The van der Waals surface area contributed by atoms with Crippen LogP contribution in [0.25, 0.3) is 0 Å². The van der Waals surface area contributed by atoms with E-state index in [1.54, 1.807) is 7.11 Å². The van der Waals surface area contributed by atoms with Gasteiger partial charge in [-0.25, -0.2) is 0 Å². The molecule has 1 rings (SSSR count). The van der Waals surface area contributed by atoms with Gasteiger partial charge in [0, 0.05) is 19.1 Å². The maximum Gasteiger partial charge on any atom is 0.236 e. The summed E-state index contributed by atoms with van der Waals surface area (Å²) in [5.41, 5.74) is 1.15. The Morgan fingerprint density at radius 3 is 2.32 bits per heavy atom. The molecule has 0 heterocycles. The molecule has 0 aliphatic rings. The molecule has 0 bridgehead atoms. The smallest absolute Gasteiger partial charge is 0.236 e. The summed E-state index contributed by atoms with van der Waals surface area (Å²) < 4.78 is 5.13. The molecule has 0 saturated heterocycles. The summed E-state index contributed by atoms with van der Waals surface area (Å²) in [6, 6.07) is 8.03. The zero-order valence-corrected chi connectivity index (χ0v) is 12.3. The van der Waals surface area contributed by atoms with Crippen LogP contribution in [0.15, 0.2) is 24.3 Å². The van der Waals surface area contributed by atoms with Crippen molar-refractivity contribution in [1.29, 1.82) is 0 Å². The lowest BCUT2D eigenvalue weighted by Crippen LogP contribution is -2.38. The van der Waals surface area contributed by atoms with Crippen molar-refractivity contribution in [3.8, 4) is 5.75 Å². The molecular formula is C15H24N2O2. The van der Waals surface area contributed by atoms with E-state index in [9.17, 15) is 4.79 Å². The predicted molar refractivity (Wildman–Crippen MR) is 77.3 cm³/mol. The molecule has 0 radical (unpaired) electrons. The second-order valence-corrected chi connectivity index (χ2v) is 4.44. The van der Waals surface area contributed by atoms with Gasteiger partial charge in [-0.3, -0.25) is 4.79 Å². The number of hydrogen-bond donors (Lipinski definition) is 1. The Kier molecular flexibility index (Phi) is 6.36. The average Bonchev–Trinajstić information content (AvgIpc) is 2.46. The average molecular weight is 264 g/mol. The van der Waals surface area contributed by atoms with Gasteiger partial charge in [0.05, 0.1) is 13.7 Å². The molecule has 19 heavy (non-hydrogen) atoms. The number of carbonyl (C=O) groups excluding carboxylic acids is 1. The van der Waals surface area contributed by atoms with Gasteiger partial charge in [0.15, 0.2) is 0 Å². The highest BCUT2D eigenvalue weighted by atomic mass is 16.5. The molecule has 0 saturated carbocycles. The maximum absolute atomic E-state index is 11.9. The molecule has 1 aromatic rings. The van der Waals surface area contributed by atoms with Crippen LogP contribution in [0.5, 0.6) is 5.75 Å². The topological polar surface area (TPSA) is 41.6 Å². The molecule has 106 valence electrons. The lowest BCUT2D eigenvalue weighted by molar-refractivity contribution is -0.129. The van der Waals surface area contributed by atoms with Crippen LogP contribution < -0.4 is 10.1 Å². The van der Waals surface area contributed by atoms with Gasteiger partial charge in [-0.05, 0) is 38.5 Å². The number of likely N-dealkylation sites (N-methyl/N-ethyl adjacent to an activating group) is 1. The minimum absolute atomic E-state index is 0.144. The number of methoxy groups -OCH3 is 1. The number of carbonyl (C=O) groups is 1. The van der Waals surface area contributed by atoms with E-state index in [-0.39, 0.29) is 11.9 Å². The van der Waals surface area contributed by atoms with E-state index in [0.717, 1.165) is 24.4 Å². The highest BCUT2D eigenvalue weighted by Crippen LogP contribution is 2.16. The van der Waals surface area contributed by atoms with Crippen LogP contribution in [-0.2, 0) is 4.79 Å². The lowest BCUT2D eigenvalue weighted by atomic mass is 10.1. The molecule has 0 fully saturated rings. The molecule has 1 aromatic carbocycles. The largest absolute Gasteiger partial charge is 0.497 e. The summed E-state index contributed by atoms with van der Waals surface area (Å²) in [4.78, 5) is 13.7. The third-order valence-corrected chi connectivity index (χ3v) is 3.29. The van der Waals surface area contributed by atoms with Crippen molar-refractivity contribution in [3.05, 3.63) is 29.8 Å². The second kappa shape index (κ2) is 7.79. The van der Waals surface area contributed by atoms with Crippen LogP contribution in [0.4, 0.5) is 0 Å². The molecule has 4 nitrogen and oxygen atoms in total. The van der Waals surface area contributed by atoms with Crippen molar-refractivity contribution in [2.24, 2.45) is 0 Å². The monoisotopic (exact) mass is 264 g/mol. The van der Waals surface area contributed by atoms with Crippen LogP contribution in [0.2, 0.25) is 0 Å². The quantitative estimate of drug-likeness (QED) is 0.821. The fraction of sp³-hybridized carbons (Fsp3) is 0.533. The van der Waals surface area contributed by atoms with Gasteiger partial charge in [0.25, 0.3) is 0 Å². The number of hydrogen-bond acceptors (Lipinski definition) is 3. The molecule has 0 aliphatic carbocycles. The van der Waals surface area contributed by atoms with Gasteiger partial charge >= 0.3 is 0 Å². The minimum Gasteiger partial charge on any atom is -0.497 e. The Morgan fingerprint density at radius 2 is 1.84 bits per heavy atom. The fourth-order valence-corrected chi connectivity index (χ4v) is 1.94. The van der Waals surface area contributed by atoms with E-state index in [0.29, 0.717) is 6.54 Å². The van der Waals surface area contributed by atoms with E-state index in [1.807, 2.05) is 43.0 Å². The molecule has 0 aromatic heterocycles. The van der Waals surface area contributed by atoms with Crippen LogP contribution in [0.3, 0.4) is 0 Å². The lowest BCUT2D eigenvalue weighted by Gasteiger charge is -2.21. The van der Waals surface area contributed by atoms with Gasteiger partial charge in [0.2, 0.25) is 5.91 Å². The molecule has 4 heteroatoms. The molecular weight excluding hydrogens is 240 g/mol.